The second kappa shape index (κ2) is 3.19. The van der Waals surface area contributed by atoms with E-state index < -0.39 is 5.97 Å². The minimum atomic E-state index is -0.946. The van der Waals surface area contributed by atoms with Gasteiger partial charge in [0, 0.05) is 11.5 Å². The number of halogens is 1. The molecule has 1 spiro atoms. The Balaban J connectivity index is 2.09. The Labute approximate surface area is 98.8 Å². The van der Waals surface area contributed by atoms with Crippen molar-refractivity contribution in [3.63, 3.8) is 0 Å². The first kappa shape index (κ1) is 10.5. The lowest BCUT2D eigenvalue weighted by Crippen LogP contribution is -2.16. The minimum absolute atomic E-state index is 0.0194. The molecule has 1 unspecified atom stereocenters. The van der Waals surface area contributed by atoms with Crippen molar-refractivity contribution >= 4 is 5.97 Å². The SMILES string of the molecule is C=C(C(=O)O)C1c2ccc(F)cc2CC12CC2. The van der Waals surface area contributed by atoms with E-state index >= 15 is 0 Å². The third-order valence-electron chi connectivity index (χ3n) is 4.09. The van der Waals surface area contributed by atoms with Crippen LogP contribution in [0.25, 0.3) is 0 Å². The summed E-state index contributed by atoms with van der Waals surface area (Å²) >= 11 is 0. The molecule has 2 nitrogen and oxygen atoms in total. The van der Waals surface area contributed by atoms with Crippen molar-refractivity contribution in [3.05, 3.63) is 47.3 Å². The summed E-state index contributed by atoms with van der Waals surface area (Å²) < 4.78 is 13.2. The molecule has 0 radical (unpaired) electrons. The van der Waals surface area contributed by atoms with Crippen LogP contribution in [0.5, 0.6) is 0 Å². The topological polar surface area (TPSA) is 37.3 Å². The van der Waals surface area contributed by atoms with Crippen LogP contribution in [-0.4, -0.2) is 11.1 Å². The van der Waals surface area contributed by atoms with Crippen LogP contribution in [0.15, 0.2) is 30.4 Å². The van der Waals surface area contributed by atoms with Crippen molar-refractivity contribution in [3.8, 4) is 0 Å². The summed E-state index contributed by atoms with van der Waals surface area (Å²) in [6, 6.07) is 4.66. The molecule has 1 saturated carbocycles. The van der Waals surface area contributed by atoms with Gasteiger partial charge in [-0.25, -0.2) is 9.18 Å². The van der Waals surface area contributed by atoms with E-state index in [0.29, 0.717) is 0 Å². The molecule has 1 fully saturated rings. The predicted octanol–water partition coefficient (Wildman–Crippen LogP) is 2.89. The number of hydrogen-bond donors (Lipinski definition) is 1. The van der Waals surface area contributed by atoms with Gasteiger partial charge in [-0.3, -0.25) is 0 Å². The van der Waals surface area contributed by atoms with Crippen LogP contribution in [0.2, 0.25) is 0 Å². The lowest BCUT2D eigenvalue weighted by Gasteiger charge is -2.19. The first-order valence-corrected chi connectivity index (χ1v) is 5.74. The van der Waals surface area contributed by atoms with Crippen molar-refractivity contribution in [2.45, 2.75) is 25.2 Å². The van der Waals surface area contributed by atoms with Gasteiger partial charge in [0.1, 0.15) is 5.82 Å². The molecule has 0 amide bonds. The van der Waals surface area contributed by atoms with Crippen LogP contribution in [0.1, 0.15) is 29.9 Å². The molecule has 0 bridgehead atoms. The van der Waals surface area contributed by atoms with Gasteiger partial charge in [0.2, 0.25) is 0 Å². The monoisotopic (exact) mass is 232 g/mol. The first-order chi connectivity index (χ1) is 8.03. The molecule has 1 aromatic carbocycles. The molecule has 88 valence electrons. The average molecular weight is 232 g/mol. The second-order valence-electron chi connectivity index (χ2n) is 5.15. The number of carboxylic acids is 1. The van der Waals surface area contributed by atoms with Gasteiger partial charge in [-0.2, -0.15) is 0 Å². The van der Waals surface area contributed by atoms with Crippen molar-refractivity contribution in [1.82, 2.24) is 0 Å². The Kier molecular flexibility index (Phi) is 1.97. The third-order valence-corrected chi connectivity index (χ3v) is 4.09. The highest BCUT2D eigenvalue weighted by Crippen LogP contribution is 2.65. The van der Waals surface area contributed by atoms with E-state index in [4.69, 9.17) is 5.11 Å². The standard InChI is InChI=1S/C14H13FO2/c1-8(13(16)17)12-11-3-2-10(15)6-9(11)7-14(12)4-5-14/h2-3,6,12H,1,4-5,7H2,(H,16,17). The van der Waals surface area contributed by atoms with Crippen LogP contribution in [0.4, 0.5) is 4.39 Å². The molecule has 0 aliphatic heterocycles. The molecule has 2 aliphatic rings. The zero-order valence-electron chi connectivity index (χ0n) is 9.37. The van der Waals surface area contributed by atoms with E-state index in [9.17, 15) is 9.18 Å². The van der Waals surface area contributed by atoms with Crippen LogP contribution < -0.4 is 0 Å². The highest BCUT2D eigenvalue weighted by atomic mass is 19.1. The summed E-state index contributed by atoms with van der Waals surface area (Å²) in [6.45, 7) is 3.70. The highest BCUT2D eigenvalue weighted by molar-refractivity contribution is 5.88. The first-order valence-electron chi connectivity index (χ1n) is 5.74. The Morgan fingerprint density at radius 1 is 1.47 bits per heavy atom. The molecular weight excluding hydrogens is 219 g/mol. The van der Waals surface area contributed by atoms with E-state index in [2.05, 4.69) is 6.58 Å². The van der Waals surface area contributed by atoms with Crippen molar-refractivity contribution in [2.75, 3.05) is 0 Å². The Hall–Kier alpha value is -1.64. The maximum Gasteiger partial charge on any atom is 0.331 e. The highest BCUT2D eigenvalue weighted by Gasteiger charge is 2.56. The Morgan fingerprint density at radius 2 is 2.18 bits per heavy atom. The van der Waals surface area contributed by atoms with Crippen LogP contribution in [0, 0.1) is 11.2 Å². The van der Waals surface area contributed by atoms with E-state index in [-0.39, 0.29) is 22.7 Å². The van der Waals surface area contributed by atoms with Crippen LogP contribution in [-0.2, 0) is 11.2 Å². The molecule has 17 heavy (non-hydrogen) atoms. The smallest absolute Gasteiger partial charge is 0.331 e. The fourth-order valence-electron chi connectivity index (χ4n) is 3.13. The van der Waals surface area contributed by atoms with Gasteiger partial charge >= 0.3 is 5.97 Å². The number of carboxylic acid groups (broad SMARTS) is 1. The van der Waals surface area contributed by atoms with Crippen LogP contribution >= 0.6 is 0 Å². The third kappa shape index (κ3) is 1.42. The molecule has 2 aliphatic carbocycles. The van der Waals surface area contributed by atoms with E-state index in [0.717, 1.165) is 30.4 Å². The van der Waals surface area contributed by atoms with E-state index in [1.807, 2.05) is 0 Å². The van der Waals surface area contributed by atoms with Crippen LogP contribution in [0.3, 0.4) is 0 Å². The van der Waals surface area contributed by atoms with Gasteiger partial charge in [-0.05, 0) is 47.9 Å². The van der Waals surface area contributed by atoms with Gasteiger partial charge in [-0.15, -0.1) is 0 Å². The summed E-state index contributed by atoms with van der Waals surface area (Å²) in [4.78, 5) is 11.1. The lowest BCUT2D eigenvalue weighted by molar-refractivity contribution is -0.133. The predicted molar refractivity (Wildman–Crippen MR) is 61.3 cm³/mol. The van der Waals surface area contributed by atoms with Gasteiger partial charge in [0.25, 0.3) is 0 Å². The van der Waals surface area contributed by atoms with E-state index in [1.54, 1.807) is 6.07 Å². The van der Waals surface area contributed by atoms with Crippen molar-refractivity contribution < 1.29 is 14.3 Å². The fraction of sp³-hybridized carbons (Fsp3) is 0.357. The van der Waals surface area contributed by atoms with Gasteiger partial charge in [0.15, 0.2) is 0 Å². The molecule has 1 aromatic rings. The number of hydrogen-bond acceptors (Lipinski definition) is 1. The zero-order chi connectivity index (χ0) is 12.2. The second-order valence-corrected chi connectivity index (χ2v) is 5.15. The number of aliphatic carboxylic acids is 1. The summed E-state index contributed by atoms with van der Waals surface area (Å²) in [5.74, 6) is -1.32. The van der Waals surface area contributed by atoms with Crippen molar-refractivity contribution in [1.29, 1.82) is 0 Å². The maximum absolute atomic E-state index is 13.2. The molecule has 3 heteroatoms. The van der Waals surface area contributed by atoms with Crippen molar-refractivity contribution in [2.24, 2.45) is 5.41 Å². The summed E-state index contributed by atoms with van der Waals surface area (Å²) in [6.07, 6.45) is 2.82. The quantitative estimate of drug-likeness (QED) is 0.796. The molecule has 1 atom stereocenters. The van der Waals surface area contributed by atoms with Gasteiger partial charge in [0.05, 0.1) is 0 Å². The normalized spacial score (nSPS) is 23.5. The number of benzene rings is 1. The van der Waals surface area contributed by atoms with E-state index in [1.165, 1.54) is 12.1 Å². The minimum Gasteiger partial charge on any atom is -0.478 e. The fourth-order valence-corrected chi connectivity index (χ4v) is 3.13. The maximum atomic E-state index is 13.2. The summed E-state index contributed by atoms with van der Waals surface area (Å²) in [5, 5.41) is 9.11. The number of fused-ring (bicyclic) bond motifs is 1. The zero-order valence-corrected chi connectivity index (χ0v) is 9.37. The van der Waals surface area contributed by atoms with Gasteiger partial charge in [-0.1, -0.05) is 12.6 Å². The Morgan fingerprint density at radius 3 is 2.76 bits per heavy atom. The molecule has 0 heterocycles. The van der Waals surface area contributed by atoms with Gasteiger partial charge < -0.3 is 5.11 Å². The number of carbonyl (C=O) groups is 1. The Bertz CT molecular complexity index is 529. The molecule has 3 rings (SSSR count). The largest absolute Gasteiger partial charge is 0.478 e. The molecule has 1 N–H and O–H groups in total. The summed E-state index contributed by atoms with van der Waals surface area (Å²) in [5.41, 5.74) is 2.17. The molecular formula is C14H13FO2. The lowest BCUT2D eigenvalue weighted by atomic mass is 9.84. The molecule has 0 saturated heterocycles. The average Bonchev–Trinajstić information content (AvgIpc) is 2.93. The summed E-state index contributed by atoms with van der Waals surface area (Å²) in [7, 11) is 0. The molecule has 0 aromatic heterocycles. The number of rotatable bonds is 2.